The van der Waals surface area contributed by atoms with Crippen molar-refractivity contribution in [2.75, 3.05) is 6.61 Å². The number of carbonyl (C=O) groups is 3. The van der Waals surface area contributed by atoms with Crippen LogP contribution in [0.1, 0.15) is 32.9 Å². The molecule has 3 aromatic rings. The molecule has 0 aliphatic heterocycles. The number of aromatic nitrogens is 2. The maximum Gasteiger partial charge on any atom is 0.331 e. The van der Waals surface area contributed by atoms with Gasteiger partial charge in [-0.3, -0.25) is 19.6 Å². The molecule has 0 spiro atoms. The third-order valence-electron chi connectivity index (χ3n) is 4.74. The van der Waals surface area contributed by atoms with Crippen molar-refractivity contribution >= 4 is 35.5 Å². The predicted octanol–water partition coefficient (Wildman–Crippen LogP) is 3.71. The van der Waals surface area contributed by atoms with Gasteiger partial charge in [0.25, 0.3) is 11.8 Å². The van der Waals surface area contributed by atoms with E-state index in [0.717, 1.165) is 22.5 Å². The van der Waals surface area contributed by atoms with Gasteiger partial charge in [-0.2, -0.15) is 5.10 Å². The second-order valence-electron chi connectivity index (χ2n) is 7.02. The number of esters is 1. The third kappa shape index (κ3) is 5.92. The Morgan fingerprint density at radius 2 is 1.75 bits per heavy atom. The van der Waals surface area contributed by atoms with Crippen molar-refractivity contribution in [3.63, 3.8) is 0 Å². The highest BCUT2D eigenvalue weighted by molar-refractivity contribution is 6.31. The fraction of sp³-hybridized carbons (Fsp3) is 0.167. The van der Waals surface area contributed by atoms with Crippen molar-refractivity contribution in [1.82, 2.24) is 15.1 Å². The molecule has 0 atom stereocenters. The van der Waals surface area contributed by atoms with Gasteiger partial charge >= 0.3 is 5.97 Å². The van der Waals surface area contributed by atoms with Crippen LogP contribution in [0.3, 0.4) is 0 Å². The first-order valence-corrected chi connectivity index (χ1v) is 10.2. The summed E-state index contributed by atoms with van der Waals surface area (Å²) in [6, 6.07) is 15.8. The Morgan fingerprint density at radius 3 is 2.47 bits per heavy atom. The summed E-state index contributed by atoms with van der Waals surface area (Å²) in [5.74, 6) is -1.97. The molecule has 0 aliphatic carbocycles. The number of aryl methyl sites for hydroxylation is 1. The first-order valence-electron chi connectivity index (χ1n) is 9.86. The SMILES string of the molecule is Cc1nn(Cc2ccccc2Cl)c(C)c1/C=C/C(=O)OCC(=O)NC(=O)c1ccccc1. The van der Waals surface area contributed by atoms with Crippen LogP contribution >= 0.6 is 11.6 Å². The topological polar surface area (TPSA) is 90.3 Å². The minimum absolute atomic E-state index is 0.340. The molecule has 1 aromatic heterocycles. The zero-order chi connectivity index (χ0) is 23.1. The standard InChI is InChI=1S/C24H22ClN3O4/c1-16-20(17(2)28(27-16)14-19-10-6-7-11-21(19)25)12-13-23(30)32-15-22(29)26-24(31)18-8-4-3-5-9-18/h3-13H,14-15H2,1-2H3,(H,26,29,31)/b13-12+. The first kappa shape index (κ1) is 23.0. The van der Waals surface area contributed by atoms with E-state index in [0.29, 0.717) is 17.1 Å². The molecule has 0 fully saturated rings. The molecule has 0 aliphatic rings. The number of nitrogens with one attached hydrogen (secondary N) is 1. The summed E-state index contributed by atoms with van der Waals surface area (Å²) in [6.07, 6.45) is 2.82. The van der Waals surface area contributed by atoms with E-state index < -0.39 is 24.4 Å². The lowest BCUT2D eigenvalue weighted by Gasteiger charge is -2.06. The summed E-state index contributed by atoms with van der Waals surface area (Å²) in [6.45, 7) is 3.67. The molecule has 0 radical (unpaired) electrons. The number of hydrogen-bond donors (Lipinski definition) is 1. The highest BCUT2D eigenvalue weighted by Gasteiger charge is 2.13. The van der Waals surface area contributed by atoms with Crippen molar-refractivity contribution in [3.8, 4) is 0 Å². The van der Waals surface area contributed by atoms with E-state index in [1.807, 2.05) is 42.8 Å². The van der Waals surface area contributed by atoms with Gasteiger partial charge in [-0.25, -0.2) is 4.79 Å². The van der Waals surface area contributed by atoms with E-state index in [1.54, 1.807) is 36.4 Å². The van der Waals surface area contributed by atoms with E-state index in [1.165, 1.54) is 6.08 Å². The van der Waals surface area contributed by atoms with Crippen LogP contribution in [0.2, 0.25) is 5.02 Å². The monoisotopic (exact) mass is 451 g/mol. The fourth-order valence-corrected chi connectivity index (χ4v) is 3.25. The lowest BCUT2D eigenvalue weighted by molar-refractivity contribution is -0.143. The van der Waals surface area contributed by atoms with Crippen LogP contribution in [-0.4, -0.2) is 34.2 Å². The molecule has 2 aromatic carbocycles. The lowest BCUT2D eigenvalue weighted by Crippen LogP contribution is -2.33. The molecule has 0 saturated heterocycles. The van der Waals surface area contributed by atoms with Crippen LogP contribution in [0.5, 0.6) is 0 Å². The Hall–Kier alpha value is -3.71. The Bertz CT molecular complexity index is 1170. The van der Waals surface area contributed by atoms with Gasteiger partial charge in [0.15, 0.2) is 6.61 Å². The summed E-state index contributed by atoms with van der Waals surface area (Å²) in [7, 11) is 0. The molecular formula is C24H22ClN3O4. The molecule has 1 N–H and O–H groups in total. The van der Waals surface area contributed by atoms with Crippen LogP contribution in [0.15, 0.2) is 60.7 Å². The highest BCUT2D eigenvalue weighted by atomic mass is 35.5. The molecule has 164 valence electrons. The van der Waals surface area contributed by atoms with Gasteiger partial charge < -0.3 is 4.74 Å². The summed E-state index contributed by atoms with van der Waals surface area (Å²) in [5, 5.41) is 7.34. The normalized spacial score (nSPS) is 10.8. The van der Waals surface area contributed by atoms with Gasteiger partial charge in [-0.1, -0.05) is 48.0 Å². The van der Waals surface area contributed by atoms with Crippen molar-refractivity contribution < 1.29 is 19.1 Å². The van der Waals surface area contributed by atoms with Crippen LogP contribution in [-0.2, 0) is 20.9 Å². The Balaban J connectivity index is 1.56. The number of benzene rings is 2. The third-order valence-corrected chi connectivity index (χ3v) is 5.10. The van der Waals surface area contributed by atoms with Crippen molar-refractivity contribution in [3.05, 3.63) is 93.8 Å². The van der Waals surface area contributed by atoms with E-state index in [-0.39, 0.29) is 0 Å². The van der Waals surface area contributed by atoms with Gasteiger partial charge in [0, 0.05) is 27.9 Å². The zero-order valence-corrected chi connectivity index (χ0v) is 18.4. The summed E-state index contributed by atoms with van der Waals surface area (Å²) >= 11 is 6.23. The molecule has 0 saturated carbocycles. The van der Waals surface area contributed by atoms with Crippen LogP contribution in [0, 0.1) is 13.8 Å². The van der Waals surface area contributed by atoms with Crippen LogP contribution in [0.25, 0.3) is 6.08 Å². The number of hydrogen-bond acceptors (Lipinski definition) is 5. The van der Waals surface area contributed by atoms with Crippen molar-refractivity contribution in [2.45, 2.75) is 20.4 Å². The van der Waals surface area contributed by atoms with Crippen LogP contribution < -0.4 is 5.32 Å². The minimum Gasteiger partial charge on any atom is -0.452 e. The van der Waals surface area contributed by atoms with E-state index in [2.05, 4.69) is 10.4 Å². The van der Waals surface area contributed by atoms with Gasteiger partial charge in [0.2, 0.25) is 0 Å². The van der Waals surface area contributed by atoms with Gasteiger partial charge in [-0.05, 0) is 43.7 Å². The fourth-order valence-electron chi connectivity index (χ4n) is 3.05. The zero-order valence-electron chi connectivity index (χ0n) is 17.7. The van der Waals surface area contributed by atoms with Gasteiger partial charge in [-0.15, -0.1) is 0 Å². The molecular weight excluding hydrogens is 430 g/mol. The molecule has 0 bridgehead atoms. The number of imide groups is 1. The first-order chi connectivity index (χ1) is 15.3. The number of carbonyl (C=O) groups excluding carboxylic acids is 3. The predicted molar refractivity (Wildman–Crippen MR) is 121 cm³/mol. The summed E-state index contributed by atoms with van der Waals surface area (Å²) in [4.78, 5) is 35.8. The quantitative estimate of drug-likeness (QED) is 0.437. The number of amides is 2. The highest BCUT2D eigenvalue weighted by Crippen LogP contribution is 2.20. The largest absolute Gasteiger partial charge is 0.452 e. The average molecular weight is 452 g/mol. The lowest BCUT2D eigenvalue weighted by atomic mass is 10.1. The van der Waals surface area contributed by atoms with E-state index in [9.17, 15) is 14.4 Å². The Kier molecular flexibility index (Phi) is 7.57. The number of nitrogens with zero attached hydrogens (tertiary/aromatic N) is 2. The van der Waals surface area contributed by atoms with Gasteiger partial charge in [0.05, 0.1) is 12.2 Å². The maximum atomic E-state index is 12.0. The Labute approximate surface area is 190 Å². The smallest absolute Gasteiger partial charge is 0.331 e. The van der Waals surface area contributed by atoms with Crippen molar-refractivity contribution in [2.24, 2.45) is 0 Å². The van der Waals surface area contributed by atoms with Crippen molar-refractivity contribution in [1.29, 1.82) is 0 Å². The molecule has 3 rings (SSSR count). The number of rotatable bonds is 7. The van der Waals surface area contributed by atoms with E-state index >= 15 is 0 Å². The maximum absolute atomic E-state index is 12.0. The second kappa shape index (κ2) is 10.5. The summed E-state index contributed by atoms with van der Waals surface area (Å²) < 4.78 is 6.74. The van der Waals surface area contributed by atoms with E-state index in [4.69, 9.17) is 16.3 Å². The molecule has 32 heavy (non-hydrogen) atoms. The second-order valence-corrected chi connectivity index (χ2v) is 7.43. The minimum atomic E-state index is -0.708. The number of halogens is 1. The Morgan fingerprint density at radius 1 is 1.06 bits per heavy atom. The van der Waals surface area contributed by atoms with Crippen LogP contribution in [0.4, 0.5) is 0 Å². The molecule has 7 nitrogen and oxygen atoms in total. The molecule has 8 heteroatoms. The molecule has 2 amide bonds. The molecule has 1 heterocycles. The summed E-state index contributed by atoms with van der Waals surface area (Å²) in [5.41, 5.74) is 3.65. The van der Waals surface area contributed by atoms with Gasteiger partial charge in [0.1, 0.15) is 0 Å². The average Bonchev–Trinajstić information content (AvgIpc) is 3.05. The molecule has 0 unspecified atom stereocenters. The number of ether oxygens (including phenoxy) is 1.